The lowest BCUT2D eigenvalue weighted by Crippen LogP contribution is -2.29. The van der Waals surface area contributed by atoms with E-state index >= 15 is 0 Å². The highest BCUT2D eigenvalue weighted by Gasteiger charge is 2.20. The first-order chi connectivity index (χ1) is 10.0. The summed E-state index contributed by atoms with van der Waals surface area (Å²) in [5, 5.41) is 0.495. The minimum Gasteiger partial charge on any atom is -0.207 e. The first-order valence-electron chi connectivity index (χ1n) is 6.42. The lowest BCUT2D eigenvalue weighted by Gasteiger charge is -2.18. The molecule has 0 aliphatic rings. The van der Waals surface area contributed by atoms with E-state index in [0.29, 0.717) is 17.3 Å². The summed E-state index contributed by atoms with van der Waals surface area (Å²) in [6.45, 7) is 0. The molecule has 0 aliphatic heterocycles. The zero-order valence-corrected chi connectivity index (χ0v) is 13.5. The van der Waals surface area contributed by atoms with Crippen molar-refractivity contribution in [2.24, 2.45) is 0 Å². The first-order valence-corrected chi connectivity index (χ1v) is 8.81. The van der Waals surface area contributed by atoms with Gasteiger partial charge in [0.05, 0.1) is 4.90 Å². The van der Waals surface area contributed by atoms with Gasteiger partial charge in [-0.2, -0.15) is 0 Å². The van der Waals surface area contributed by atoms with Crippen LogP contribution in [-0.4, -0.2) is 14.3 Å². The fraction of sp³-hybridized carbons (Fsp3) is 0.200. The van der Waals surface area contributed by atoms with Crippen LogP contribution in [-0.2, 0) is 10.0 Å². The smallest absolute Gasteiger partial charge is 0.207 e. The van der Waals surface area contributed by atoms with Gasteiger partial charge in [0.1, 0.15) is 0 Å². The van der Waals surface area contributed by atoms with Crippen LogP contribution < -0.4 is 4.72 Å². The highest BCUT2D eigenvalue weighted by molar-refractivity contribution is 7.89. The van der Waals surface area contributed by atoms with E-state index in [1.807, 2.05) is 30.3 Å². The summed E-state index contributed by atoms with van der Waals surface area (Å²) >= 11 is 11.6. The average Bonchev–Trinajstić information content (AvgIpc) is 2.48. The number of sulfonamides is 1. The van der Waals surface area contributed by atoms with Crippen LogP contribution in [0.2, 0.25) is 5.02 Å². The second-order valence-electron chi connectivity index (χ2n) is 4.52. The predicted octanol–water partition coefficient (Wildman–Crippen LogP) is 3.99. The van der Waals surface area contributed by atoms with Crippen LogP contribution in [0.5, 0.6) is 0 Å². The molecule has 0 aliphatic carbocycles. The maximum absolute atomic E-state index is 12.4. The van der Waals surface area contributed by atoms with Crippen LogP contribution in [0.15, 0.2) is 59.5 Å². The van der Waals surface area contributed by atoms with Crippen molar-refractivity contribution >= 4 is 33.2 Å². The first kappa shape index (κ1) is 16.3. The fourth-order valence-electron chi connectivity index (χ4n) is 1.96. The third-order valence-electron chi connectivity index (χ3n) is 3.02. The van der Waals surface area contributed by atoms with Crippen LogP contribution in [0.4, 0.5) is 0 Å². The highest BCUT2D eigenvalue weighted by Crippen LogP contribution is 2.21. The fourth-order valence-corrected chi connectivity index (χ4v) is 3.56. The molecule has 21 heavy (non-hydrogen) atoms. The number of alkyl halides is 1. The third-order valence-corrected chi connectivity index (χ3v) is 4.98. The van der Waals surface area contributed by atoms with Crippen molar-refractivity contribution in [2.75, 3.05) is 5.88 Å². The van der Waals surface area contributed by atoms with Crippen molar-refractivity contribution in [1.82, 2.24) is 4.72 Å². The second kappa shape index (κ2) is 7.27. The van der Waals surface area contributed by atoms with Crippen LogP contribution in [0.25, 0.3) is 0 Å². The Labute approximate surface area is 135 Å². The number of hydrogen-bond acceptors (Lipinski definition) is 2. The van der Waals surface area contributed by atoms with Gasteiger partial charge in [0.2, 0.25) is 10.0 Å². The Morgan fingerprint density at radius 1 is 1.00 bits per heavy atom. The molecule has 1 N–H and O–H groups in total. The summed E-state index contributed by atoms with van der Waals surface area (Å²) in [6, 6.07) is 15.1. The highest BCUT2D eigenvalue weighted by atomic mass is 35.5. The minimum atomic E-state index is -3.61. The monoisotopic (exact) mass is 343 g/mol. The molecule has 0 radical (unpaired) electrons. The van der Waals surface area contributed by atoms with E-state index in [1.54, 1.807) is 12.1 Å². The molecule has 0 amide bonds. The van der Waals surface area contributed by atoms with Crippen molar-refractivity contribution in [1.29, 1.82) is 0 Å². The van der Waals surface area contributed by atoms with Gasteiger partial charge in [0, 0.05) is 16.9 Å². The van der Waals surface area contributed by atoms with E-state index in [1.165, 1.54) is 12.1 Å². The topological polar surface area (TPSA) is 46.2 Å². The summed E-state index contributed by atoms with van der Waals surface area (Å²) in [7, 11) is -3.61. The van der Waals surface area contributed by atoms with E-state index in [0.717, 1.165) is 5.56 Å². The van der Waals surface area contributed by atoms with Gasteiger partial charge in [-0.1, -0.05) is 41.9 Å². The molecular weight excluding hydrogens is 329 g/mol. The van der Waals surface area contributed by atoms with Crippen LogP contribution in [0.3, 0.4) is 0 Å². The molecule has 2 aromatic carbocycles. The van der Waals surface area contributed by atoms with Gasteiger partial charge in [-0.15, -0.1) is 11.6 Å². The Hall–Kier alpha value is -1.07. The molecule has 112 valence electrons. The van der Waals surface area contributed by atoms with Crippen LogP contribution in [0.1, 0.15) is 18.0 Å². The molecule has 6 heteroatoms. The lowest BCUT2D eigenvalue weighted by atomic mass is 10.1. The zero-order valence-electron chi connectivity index (χ0n) is 11.2. The van der Waals surface area contributed by atoms with E-state index in [-0.39, 0.29) is 10.9 Å². The maximum atomic E-state index is 12.4. The second-order valence-corrected chi connectivity index (χ2v) is 7.04. The summed E-state index contributed by atoms with van der Waals surface area (Å²) in [6.07, 6.45) is 0.512. The van der Waals surface area contributed by atoms with Gasteiger partial charge in [-0.25, -0.2) is 13.1 Å². The molecule has 0 unspecified atom stereocenters. The Morgan fingerprint density at radius 3 is 2.19 bits per heavy atom. The lowest BCUT2D eigenvalue weighted by molar-refractivity contribution is 0.551. The Kier molecular flexibility index (Phi) is 5.65. The van der Waals surface area contributed by atoms with Gasteiger partial charge < -0.3 is 0 Å². The molecule has 0 saturated heterocycles. The standard InChI is InChI=1S/C15H15Cl2NO2S/c16-11-10-15(12-4-2-1-3-5-12)18-21(19,20)14-8-6-13(17)7-9-14/h1-9,15,18H,10-11H2/t15-/m0/s1. The minimum absolute atomic E-state index is 0.183. The SMILES string of the molecule is O=S(=O)(N[C@@H](CCCl)c1ccccc1)c1ccc(Cl)cc1. The molecule has 2 rings (SSSR count). The molecule has 0 aromatic heterocycles. The number of hydrogen-bond donors (Lipinski definition) is 1. The van der Waals surface area contributed by atoms with Crippen molar-refractivity contribution in [3.8, 4) is 0 Å². The molecule has 0 heterocycles. The van der Waals surface area contributed by atoms with E-state index in [9.17, 15) is 8.42 Å². The normalized spacial score (nSPS) is 13.0. The maximum Gasteiger partial charge on any atom is 0.241 e. The Bertz CT molecular complexity index is 673. The predicted molar refractivity (Wildman–Crippen MR) is 86.3 cm³/mol. The molecule has 0 saturated carbocycles. The summed E-state index contributed by atoms with van der Waals surface area (Å²) in [5.74, 6) is 0.364. The van der Waals surface area contributed by atoms with Crippen LogP contribution >= 0.6 is 23.2 Å². The van der Waals surface area contributed by atoms with Gasteiger partial charge in [0.15, 0.2) is 0 Å². The van der Waals surface area contributed by atoms with Gasteiger partial charge in [0.25, 0.3) is 0 Å². The van der Waals surface area contributed by atoms with E-state index < -0.39 is 10.0 Å². The van der Waals surface area contributed by atoms with Gasteiger partial charge in [-0.05, 0) is 36.2 Å². The quantitative estimate of drug-likeness (QED) is 0.806. The third kappa shape index (κ3) is 4.45. The summed E-state index contributed by atoms with van der Waals surface area (Å²) < 4.78 is 27.5. The number of rotatable bonds is 6. The van der Waals surface area contributed by atoms with E-state index in [2.05, 4.69) is 4.72 Å². The van der Waals surface area contributed by atoms with Gasteiger partial charge in [-0.3, -0.25) is 0 Å². The number of halogens is 2. The number of benzene rings is 2. The molecule has 1 atom stereocenters. The Morgan fingerprint density at radius 2 is 1.62 bits per heavy atom. The van der Waals surface area contributed by atoms with Crippen molar-refractivity contribution in [3.05, 3.63) is 65.2 Å². The molecule has 2 aromatic rings. The summed E-state index contributed by atoms with van der Waals surface area (Å²) in [4.78, 5) is 0.183. The van der Waals surface area contributed by atoms with Crippen molar-refractivity contribution < 1.29 is 8.42 Å². The van der Waals surface area contributed by atoms with Crippen molar-refractivity contribution in [2.45, 2.75) is 17.4 Å². The summed E-state index contributed by atoms with van der Waals surface area (Å²) in [5.41, 5.74) is 0.885. The van der Waals surface area contributed by atoms with E-state index in [4.69, 9.17) is 23.2 Å². The van der Waals surface area contributed by atoms with Gasteiger partial charge >= 0.3 is 0 Å². The molecule has 3 nitrogen and oxygen atoms in total. The molecule has 0 spiro atoms. The average molecular weight is 344 g/mol. The van der Waals surface area contributed by atoms with Crippen molar-refractivity contribution in [3.63, 3.8) is 0 Å². The molecule has 0 fully saturated rings. The zero-order chi connectivity index (χ0) is 15.3. The molecule has 0 bridgehead atoms. The number of nitrogens with one attached hydrogen (secondary N) is 1. The molecular formula is C15H15Cl2NO2S. The largest absolute Gasteiger partial charge is 0.241 e. The van der Waals surface area contributed by atoms with Crippen LogP contribution in [0, 0.1) is 0 Å². The Balaban J connectivity index is 2.25.